The highest BCUT2D eigenvalue weighted by molar-refractivity contribution is 5.80. The van der Waals surface area contributed by atoms with E-state index in [9.17, 15) is 23.2 Å². The summed E-state index contributed by atoms with van der Waals surface area (Å²) in [5.74, 6) is 0.146. The van der Waals surface area contributed by atoms with Crippen LogP contribution in [-0.2, 0) is 11.3 Å². The summed E-state index contributed by atoms with van der Waals surface area (Å²) in [5, 5.41) is 0.216. The smallest absolute Gasteiger partial charge is 0.332 e. The molecule has 0 aliphatic carbocycles. The van der Waals surface area contributed by atoms with Crippen molar-refractivity contribution in [3.63, 3.8) is 0 Å². The highest BCUT2D eigenvalue weighted by Gasteiger charge is 2.25. The Morgan fingerprint density at radius 2 is 1.80 bits per heavy atom. The summed E-state index contributed by atoms with van der Waals surface area (Å²) in [6.07, 6.45) is 4.29. The number of aromatic nitrogens is 2. The number of nitrogens with zero attached hydrogens (tertiary/aromatic N) is 3. The fourth-order valence-corrected chi connectivity index (χ4v) is 4.91. The Labute approximate surface area is 232 Å². The van der Waals surface area contributed by atoms with Gasteiger partial charge in [0.05, 0.1) is 17.4 Å². The van der Waals surface area contributed by atoms with Crippen LogP contribution in [0.1, 0.15) is 36.9 Å². The second-order valence-corrected chi connectivity index (χ2v) is 9.29. The zero-order chi connectivity index (χ0) is 29.2. The molecular formula is C31H35F2N3O4. The molecule has 9 heteroatoms. The number of benzene rings is 2. The minimum atomic E-state index is -1.28. The largest absolute Gasteiger partial charge is 0.485 e. The number of allylic oxidation sites excluding steroid dienone is 3. The standard InChI is InChI=1S/C29H31F2N3O4.C2H4/c1-3-21(4-2)22-7-5-6-20(14-22)18-33-28(36)26-15-24(38-25(16-30)17-31)8-9-27(26)34(29(33)37)23-10-12-32(19-35)13-11-23;1-2/h3-9,14-15,19,23,25H,1,10-13,16-18H2,2H3;1-2H2/b21-4+;. The Bertz CT molecular complexity index is 1480. The van der Waals surface area contributed by atoms with Gasteiger partial charge in [-0.2, -0.15) is 0 Å². The van der Waals surface area contributed by atoms with Crippen molar-refractivity contribution in [2.24, 2.45) is 0 Å². The van der Waals surface area contributed by atoms with Crippen LogP contribution < -0.4 is 16.0 Å². The SMILES string of the molecule is C=C.C=C/C(=C\C)c1cccc(Cn2c(=O)c3cc(OC(CF)CF)ccc3n(C3CCN(C=O)CC3)c2=O)c1. The van der Waals surface area contributed by atoms with Crippen molar-refractivity contribution in [2.75, 3.05) is 26.4 Å². The quantitative estimate of drug-likeness (QED) is 0.200. The fraction of sp³-hybridized carbons (Fsp3) is 0.323. The van der Waals surface area contributed by atoms with Crippen LogP contribution in [0, 0.1) is 0 Å². The van der Waals surface area contributed by atoms with Gasteiger partial charge in [0.15, 0.2) is 6.10 Å². The van der Waals surface area contributed by atoms with Crippen LogP contribution in [0.25, 0.3) is 16.5 Å². The molecule has 0 saturated carbocycles. The van der Waals surface area contributed by atoms with Gasteiger partial charge >= 0.3 is 5.69 Å². The average Bonchev–Trinajstić information content (AvgIpc) is 3.00. The number of ether oxygens (including phenoxy) is 1. The normalized spacial score (nSPS) is 14.1. The Hall–Kier alpha value is -4.27. The molecule has 4 rings (SSSR count). The fourth-order valence-electron chi connectivity index (χ4n) is 4.91. The molecule has 1 amide bonds. The van der Waals surface area contributed by atoms with Crippen LogP contribution in [0.15, 0.2) is 83.9 Å². The van der Waals surface area contributed by atoms with Gasteiger partial charge in [0.2, 0.25) is 6.41 Å². The molecular weight excluding hydrogens is 516 g/mol. The van der Waals surface area contributed by atoms with Crippen molar-refractivity contribution in [1.82, 2.24) is 14.0 Å². The van der Waals surface area contributed by atoms with Crippen LogP contribution in [-0.4, -0.2) is 53.0 Å². The first-order valence-corrected chi connectivity index (χ1v) is 13.1. The monoisotopic (exact) mass is 551 g/mol. The first kappa shape index (κ1) is 30.3. The number of hydrogen-bond donors (Lipinski definition) is 0. The molecule has 1 fully saturated rings. The minimum absolute atomic E-state index is 0.0332. The van der Waals surface area contributed by atoms with Gasteiger partial charge in [0.1, 0.15) is 19.1 Å². The van der Waals surface area contributed by atoms with E-state index in [2.05, 4.69) is 19.7 Å². The van der Waals surface area contributed by atoms with Crippen molar-refractivity contribution in [3.05, 3.63) is 106 Å². The van der Waals surface area contributed by atoms with E-state index >= 15 is 0 Å². The minimum Gasteiger partial charge on any atom is -0.485 e. The van der Waals surface area contributed by atoms with Gasteiger partial charge in [-0.25, -0.2) is 13.6 Å². The van der Waals surface area contributed by atoms with E-state index in [0.29, 0.717) is 31.4 Å². The number of alkyl halides is 2. The number of piperidine rings is 1. The van der Waals surface area contributed by atoms with E-state index in [0.717, 1.165) is 23.1 Å². The molecule has 0 N–H and O–H groups in total. The zero-order valence-electron chi connectivity index (χ0n) is 22.7. The molecule has 0 atom stereocenters. The summed E-state index contributed by atoms with van der Waals surface area (Å²) in [7, 11) is 0. The number of halogens is 2. The highest BCUT2D eigenvalue weighted by atomic mass is 19.1. The van der Waals surface area contributed by atoms with Crippen LogP contribution in [0.5, 0.6) is 5.75 Å². The van der Waals surface area contributed by atoms with Crippen molar-refractivity contribution in [2.45, 2.75) is 38.5 Å². The van der Waals surface area contributed by atoms with Crippen molar-refractivity contribution >= 4 is 22.9 Å². The Morgan fingerprint density at radius 1 is 1.10 bits per heavy atom. The molecule has 1 aliphatic heterocycles. The second-order valence-electron chi connectivity index (χ2n) is 9.29. The molecule has 2 heterocycles. The van der Waals surface area contributed by atoms with E-state index < -0.39 is 30.7 Å². The van der Waals surface area contributed by atoms with Gasteiger partial charge in [-0.1, -0.05) is 36.9 Å². The van der Waals surface area contributed by atoms with Crippen LogP contribution >= 0.6 is 0 Å². The van der Waals surface area contributed by atoms with Gasteiger partial charge < -0.3 is 9.64 Å². The number of carbonyl (C=O) groups is 1. The number of hydrogen-bond acceptors (Lipinski definition) is 4. The number of carbonyl (C=O) groups excluding carboxylic acids is 1. The maximum atomic E-state index is 13.8. The van der Waals surface area contributed by atoms with Crippen LogP contribution in [0.3, 0.4) is 0 Å². The van der Waals surface area contributed by atoms with Gasteiger partial charge in [-0.15, -0.1) is 13.2 Å². The Morgan fingerprint density at radius 3 is 2.40 bits per heavy atom. The summed E-state index contributed by atoms with van der Waals surface area (Å²) >= 11 is 0. The molecule has 212 valence electrons. The predicted molar refractivity (Wildman–Crippen MR) is 155 cm³/mol. The lowest BCUT2D eigenvalue weighted by Gasteiger charge is -2.31. The molecule has 1 aromatic heterocycles. The number of rotatable bonds is 10. The summed E-state index contributed by atoms with van der Waals surface area (Å²) in [4.78, 5) is 40.4. The molecule has 0 spiro atoms. The molecule has 40 heavy (non-hydrogen) atoms. The Kier molecular flexibility index (Phi) is 10.8. The first-order chi connectivity index (χ1) is 19.4. The van der Waals surface area contributed by atoms with Gasteiger partial charge in [-0.05, 0) is 60.7 Å². The van der Waals surface area contributed by atoms with Crippen molar-refractivity contribution in [3.8, 4) is 5.75 Å². The van der Waals surface area contributed by atoms with E-state index in [4.69, 9.17) is 4.74 Å². The van der Waals surface area contributed by atoms with E-state index in [1.807, 2.05) is 37.3 Å². The van der Waals surface area contributed by atoms with Gasteiger partial charge in [-0.3, -0.25) is 18.7 Å². The lowest BCUT2D eigenvalue weighted by molar-refractivity contribution is -0.119. The maximum absolute atomic E-state index is 13.8. The summed E-state index contributed by atoms with van der Waals surface area (Å²) < 4.78 is 34.4. The number of fused-ring (bicyclic) bond motifs is 1. The molecule has 2 aromatic carbocycles. The van der Waals surface area contributed by atoms with E-state index in [1.54, 1.807) is 21.6 Å². The van der Waals surface area contributed by atoms with Crippen molar-refractivity contribution in [1.29, 1.82) is 0 Å². The second kappa shape index (κ2) is 14.2. The average molecular weight is 552 g/mol. The molecule has 0 unspecified atom stereocenters. The summed E-state index contributed by atoms with van der Waals surface area (Å²) in [6.45, 7) is 10.7. The van der Waals surface area contributed by atoms with Crippen molar-refractivity contribution < 1.29 is 18.3 Å². The van der Waals surface area contributed by atoms with Gasteiger partial charge in [0, 0.05) is 19.1 Å². The third-order valence-corrected chi connectivity index (χ3v) is 6.93. The third kappa shape index (κ3) is 6.47. The van der Waals surface area contributed by atoms with Gasteiger partial charge in [0.25, 0.3) is 5.56 Å². The lowest BCUT2D eigenvalue weighted by Crippen LogP contribution is -2.44. The van der Waals surface area contributed by atoms with E-state index in [-0.39, 0.29) is 23.7 Å². The maximum Gasteiger partial charge on any atom is 0.332 e. The zero-order valence-corrected chi connectivity index (χ0v) is 22.7. The van der Waals surface area contributed by atoms with E-state index in [1.165, 1.54) is 16.7 Å². The summed E-state index contributed by atoms with van der Waals surface area (Å²) in [6, 6.07) is 11.8. The molecule has 1 saturated heterocycles. The predicted octanol–water partition coefficient (Wildman–Crippen LogP) is 5.08. The molecule has 0 bridgehead atoms. The first-order valence-electron chi connectivity index (χ1n) is 13.1. The molecule has 7 nitrogen and oxygen atoms in total. The van der Waals surface area contributed by atoms with Crippen LogP contribution in [0.2, 0.25) is 0 Å². The number of amides is 1. The lowest BCUT2D eigenvalue weighted by atomic mass is 10.0. The Balaban J connectivity index is 0.00000216. The third-order valence-electron chi connectivity index (χ3n) is 6.93. The molecule has 3 aromatic rings. The topological polar surface area (TPSA) is 73.5 Å². The number of likely N-dealkylation sites (tertiary alicyclic amines) is 1. The highest BCUT2D eigenvalue weighted by Crippen LogP contribution is 2.26. The molecule has 1 aliphatic rings. The molecule has 0 radical (unpaired) electrons. The summed E-state index contributed by atoms with van der Waals surface area (Å²) in [5.41, 5.74) is 2.04. The van der Waals surface area contributed by atoms with Crippen LogP contribution in [0.4, 0.5) is 8.78 Å².